The van der Waals surface area contributed by atoms with Crippen molar-refractivity contribution in [3.05, 3.63) is 95.4 Å². The van der Waals surface area contributed by atoms with E-state index >= 15 is 0 Å². The highest BCUT2D eigenvalue weighted by Crippen LogP contribution is 2.36. The fourth-order valence-electron chi connectivity index (χ4n) is 3.12. The predicted octanol–water partition coefficient (Wildman–Crippen LogP) is 6.19. The lowest BCUT2D eigenvalue weighted by molar-refractivity contribution is -0.113. The van der Waals surface area contributed by atoms with Crippen molar-refractivity contribution >= 4 is 46.0 Å². The summed E-state index contributed by atoms with van der Waals surface area (Å²) in [4.78, 5) is 15.0. The predicted molar refractivity (Wildman–Crippen MR) is 135 cm³/mol. The summed E-state index contributed by atoms with van der Waals surface area (Å²) >= 11 is 6.74. The Kier molecular flexibility index (Phi) is 7.24. The van der Waals surface area contributed by atoms with Crippen molar-refractivity contribution < 1.29 is 14.3 Å². The van der Waals surface area contributed by atoms with E-state index in [0.29, 0.717) is 22.4 Å². The molecule has 32 heavy (non-hydrogen) atoms. The number of thioether (sulfide) groups is 1. The number of hydrogen-bond acceptors (Lipinski definition) is 5. The number of ether oxygens (including phenoxy) is 2. The Labute approximate surface area is 197 Å². The maximum atomic E-state index is 12.8. The van der Waals surface area contributed by atoms with Crippen molar-refractivity contribution in [1.29, 1.82) is 0 Å². The van der Waals surface area contributed by atoms with Crippen LogP contribution in [0.2, 0.25) is 0 Å². The van der Waals surface area contributed by atoms with Gasteiger partial charge < -0.3 is 9.47 Å². The molecule has 0 aliphatic carbocycles. The van der Waals surface area contributed by atoms with Crippen LogP contribution in [-0.2, 0) is 4.79 Å². The summed E-state index contributed by atoms with van der Waals surface area (Å²) in [6.45, 7) is 3.24. The van der Waals surface area contributed by atoms with Crippen LogP contribution in [0.25, 0.3) is 6.08 Å². The molecular formula is C26H23NO3S2. The van der Waals surface area contributed by atoms with Gasteiger partial charge in [-0.3, -0.25) is 9.69 Å². The second-order valence-electron chi connectivity index (χ2n) is 7.46. The average Bonchev–Trinajstić information content (AvgIpc) is 3.11. The number of benzene rings is 3. The number of carbonyl (C=O) groups is 1. The number of amides is 1. The SMILES string of the molecule is C[C@H](COc1ccccc1)COc1ccc(/C=C2/SC(=S)N(c3ccccc3)C2=O)cc1. The van der Waals surface area contributed by atoms with E-state index in [-0.39, 0.29) is 11.8 Å². The van der Waals surface area contributed by atoms with Gasteiger partial charge in [0.05, 0.1) is 23.8 Å². The van der Waals surface area contributed by atoms with Crippen molar-refractivity contribution in [2.45, 2.75) is 6.92 Å². The minimum Gasteiger partial charge on any atom is -0.493 e. The Hall–Kier alpha value is -3.09. The second-order valence-corrected chi connectivity index (χ2v) is 9.14. The Morgan fingerprint density at radius 2 is 1.44 bits per heavy atom. The normalized spacial score (nSPS) is 15.8. The Balaban J connectivity index is 1.32. The minimum atomic E-state index is -0.0984. The van der Waals surface area contributed by atoms with Crippen molar-refractivity contribution in [3.63, 3.8) is 0 Å². The molecule has 162 valence electrons. The molecule has 0 saturated carbocycles. The zero-order chi connectivity index (χ0) is 22.3. The van der Waals surface area contributed by atoms with Crippen LogP contribution in [0.4, 0.5) is 5.69 Å². The van der Waals surface area contributed by atoms with Crippen molar-refractivity contribution in [1.82, 2.24) is 0 Å². The maximum absolute atomic E-state index is 12.8. The molecule has 6 heteroatoms. The van der Waals surface area contributed by atoms with Gasteiger partial charge in [-0.25, -0.2) is 0 Å². The maximum Gasteiger partial charge on any atom is 0.270 e. The van der Waals surface area contributed by atoms with Gasteiger partial charge in [-0.2, -0.15) is 0 Å². The highest BCUT2D eigenvalue weighted by molar-refractivity contribution is 8.27. The zero-order valence-electron chi connectivity index (χ0n) is 17.6. The van der Waals surface area contributed by atoms with E-state index in [2.05, 4.69) is 6.92 Å². The van der Waals surface area contributed by atoms with E-state index in [4.69, 9.17) is 21.7 Å². The Bertz CT molecular complexity index is 1100. The van der Waals surface area contributed by atoms with E-state index in [1.165, 1.54) is 11.8 Å². The molecule has 1 amide bonds. The monoisotopic (exact) mass is 461 g/mol. The van der Waals surface area contributed by atoms with E-state index in [1.54, 1.807) is 4.90 Å². The first-order valence-electron chi connectivity index (χ1n) is 10.3. The molecule has 1 fully saturated rings. The van der Waals surface area contributed by atoms with Gasteiger partial charge in [0.2, 0.25) is 0 Å². The summed E-state index contributed by atoms with van der Waals surface area (Å²) in [6.07, 6.45) is 1.86. The lowest BCUT2D eigenvalue weighted by atomic mass is 10.2. The molecule has 1 heterocycles. The number of nitrogens with zero attached hydrogens (tertiary/aromatic N) is 1. The number of rotatable bonds is 8. The molecule has 0 bridgehead atoms. The summed E-state index contributed by atoms with van der Waals surface area (Å²) in [5.74, 6) is 1.79. The Morgan fingerprint density at radius 3 is 2.06 bits per heavy atom. The van der Waals surface area contributed by atoms with Gasteiger partial charge >= 0.3 is 0 Å². The highest BCUT2D eigenvalue weighted by Gasteiger charge is 2.33. The van der Waals surface area contributed by atoms with Gasteiger partial charge in [0.25, 0.3) is 5.91 Å². The number of carbonyl (C=O) groups excluding carboxylic acids is 1. The summed E-state index contributed by atoms with van der Waals surface area (Å²) in [6, 6.07) is 26.9. The first-order chi connectivity index (χ1) is 15.6. The van der Waals surface area contributed by atoms with Gasteiger partial charge in [-0.05, 0) is 48.0 Å². The fourth-order valence-corrected chi connectivity index (χ4v) is 4.42. The molecule has 0 N–H and O–H groups in total. The average molecular weight is 462 g/mol. The number of hydrogen-bond donors (Lipinski definition) is 0. The number of para-hydroxylation sites is 2. The molecule has 1 saturated heterocycles. The molecule has 1 atom stereocenters. The molecule has 0 radical (unpaired) electrons. The van der Waals surface area contributed by atoms with E-state index in [9.17, 15) is 4.79 Å². The third-order valence-corrected chi connectivity index (χ3v) is 6.10. The van der Waals surface area contributed by atoms with Crippen molar-refractivity contribution in [3.8, 4) is 11.5 Å². The van der Waals surface area contributed by atoms with Gasteiger partial charge in [-0.15, -0.1) is 0 Å². The van der Waals surface area contributed by atoms with Crippen molar-refractivity contribution in [2.24, 2.45) is 5.92 Å². The third-order valence-electron chi connectivity index (χ3n) is 4.80. The van der Waals surface area contributed by atoms with Crippen LogP contribution in [0.5, 0.6) is 11.5 Å². The molecular weight excluding hydrogens is 438 g/mol. The summed E-state index contributed by atoms with van der Waals surface area (Å²) < 4.78 is 12.2. The Morgan fingerprint density at radius 1 is 0.875 bits per heavy atom. The first-order valence-corrected chi connectivity index (χ1v) is 11.6. The molecule has 1 aliphatic rings. The quantitative estimate of drug-likeness (QED) is 0.296. The molecule has 3 aromatic carbocycles. The smallest absolute Gasteiger partial charge is 0.270 e. The van der Waals surface area contributed by atoms with Gasteiger partial charge in [0, 0.05) is 5.92 Å². The molecule has 0 unspecified atom stereocenters. The minimum absolute atomic E-state index is 0.0984. The van der Waals surface area contributed by atoms with Gasteiger partial charge in [0.15, 0.2) is 4.32 Å². The van der Waals surface area contributed by atoms with Crippen LogP contribution in [0, 0.1) is 5.92 Å². The van der Waals surface area contributed by atoms with Crippen LogP contribution >= 0.6 is 24.0 Å². The van der Waals surface area contributed by atoms with Crippen molar-refractivity contribution in [2.75, 3.05) is 18.1 Å². The number of anilines is 1. The summed E-state index contributed by atoms with van der Waals surface area (Å²) in [7, 11) is 0. The molecule has 3 aromatic rings. The topological polar surface area (TPSA) is 38.8 Å². The van der Waals surface area contributed by atoms with Crippen LogP contribution < -0.4 is 14.4 Å². The van der Waals surface area contributed by atoms with Crippen LogP contribution in [-0.4, -0.2) is 23.4 Å². The van der Waals surface area contributed by atoms with E-state index in [1.807, 2.05) is 91.0 Å². The van der Waals surface area contributed by atoms with Gasteiger partial charge in [-0.1, -0.05) is 79.4 Å². The van der Waals surface area contributed by atoms with Crippen LogP contribution in [0.1, 0.15) is 12.5 Å². The largest absolute Gasteiger partial charge is 0.493 e. The second kappa shape index (κ2) is 10.5. The van der Waals surface area contributed by atoms with Crippen LogP contribution in [0.3, 0.4) is 0 Å². The van der Waals surface area contributed by atoms with Gasteiger partial charge in [0.1, 0.15) is 11.5 Å². The van der Waals surface area contributed by atoms with E-state index in [0.717, 1.165) is 22.7 Å². The molecule has 4 nitrogen and oxygen atoms in total. The third kappa shape index (κ3) is 5.58. The highest BCUT2D eigenvalue weighted by atomic mass is 32.2. The molecule has 0 aromatic heterocycles. The van der Waals surface area contributed by atoms with Crippen LogP contribution in [0.15, 0.2) is 89.8 Å². The fraction of sp³-hybridized carbons (Fsp3) is 0.154. The zero-order valence-corrected chi connectivity index (χ0v) is 19.3. The molecule has 1 aliphatic heterocycles. The molecule has 4 rings (SSSR count). The van der Waals surface area contributed by atoms with E-state index < -0.39 is 0 Å². The standard InChI is InChI=1S/C26H23NO3S2/c1-19(17-29-22-10-6-3-7-11-22)18-30-23-14-12-20(13-15-23)16-24-25(28)27(26(31)32-24)21-8-4-2-5-9-21/h2-16,19H,17-18H2,1H3/b24-16+/t19-/m1/s1. The molecule has 0 spiro atoms. The lowest BCUT2D eigenvalue weighted by Gasteiger charge is -2.14. The number of thiocarbonyl (C=S) groups is 1. The lowest BCUT2D eigenvalue weighted by Crippen LogP contribution is -2.27. The summed E-state index contributed by atoms with van der Waals surface area (Å²) in [5, 5.41) is 0. The summed E-state index contributed by atoms with van der Waals surface area (Å²) in [5.41, 5.74) is 1.71. The first kappa shape index (κ1) is 22.1.